The van der Waals surface area contributed by atoms with Gasteiger partial charge in [-0.3, -0.25) is 0 Å². The van der Waals surface area contributed by atoms with E-state index >= 15 is 0 Å². The first-order chi connectivity index (χ1) is 8.66. The zero-order chi connectivity index (χ0) is 13.2. The van der Waals surface area contributed by atoms with Crippen molar-refractivity contribution in [3.63, 3.8) is 0 Å². The van der Waals surface area contributed by atoms with Crippen LogP contribution in [0.3, 0.4) is 0 Å². The van der Waals surface area contributed by atoms with Crippen LogP contribution in [-0.2, 0) is 0 Å². The quantitative estimate of drug-likeness (QED) is 0.671. The highest BCUT2D eigenvalue weighted by atomic mass is 16.3. The average molecular weight is 254 g/mol. The monoisotopic (exact) mass is 254 g/mol. The Morgan fingerprint density at radius 2 is 1.94 bits per heavy atom. The van der Waals surface area contributed by atoms with Crippen molar-refractivity contribution in [2.75, 3.05) is 19.8 Å². The lowest BCUT2D eigenvalue weighted by molar-refractivity contribution is 0.0509. The summed E-state index contributed by atoms with van der Waals surface area (Å²) in [5, 5.41) is 28.5. The minimum atomic E-state index is 0.00363. The van der Waals surface area contributed by atoms with Gasteiger partial charge >= 0.3 is 0 Å². The SMILES string of the molecule is CC1=C2CC(C(CO)CO)CCC2(CO)CCC1. The standard InChI is InChI=1S/C15H26O3/c1-11-3-2-5-15(10-18)6-4-12(7-14(11)15)13(8-16)9-17/h12-13,16-18H,2-10H2,1H3. The van der Waals surface area contributed by atoms with E-state index in [4.69, 9.17) is 0 Å². The summed E-state index contributed by atoms with van der Waals surface area (Å²) in [6.07, 6.45) is 6.42. The summed E-state index contributed by atoms with van der Waals surface area (Å²) in [5.41, 5.74) is 2.89. The number of allylic oxidation sites excluding steroid dienone is 1. The molecule has 3 nitrogen and oxygen atoms in total. The number of hydrogen-bond acceptors (Lipinski definition) is 3. The van der Waals surface area contributed by atoms with Crippen molar-refractivity contribution >= 4 is 0 Å². The predicted octanol–water partition coefficient (Wildman–Crippen LogP) is 1.87. The Labute approximate surface area is 110 Å². The molecule has 0 aliphatic heterocycles. The summed E-state index contributed by atoms with van der Waals surface area (Å²) in [4.78, 5) is 0. The third-order valence-electron chi connectivity index (χ3n) is 5.26. The van der Waals surface area contributed by atoms with E-state index in [1.54, 1.807) is 0 Å². The van der Waals surface area contributed by atoms with Gasteiger partial charge in [0.2, 0.25) is 0 Å². The van der Waals surface area contributed by atoms with Gasteiger partial charge in [0.1, 0.15) is 0 Å². The molecule has 104 valence electrons. The molecule has 1 fully saturated rings. The molecule has 0 bridgehead atoms. The summed E-state index contributed by atoms with van der Waals surface area (Å²) >= 11 is 0. The highest BCUT2D eigenvalue weighted by molar-refractivity contribution is 5.27. The summed E-state index contributed by atoms with van der Waals surface area (Å²) in [6, 6.07) is 0. The summed E-state index contributed by atoms with van der Waals surface area (Å²) < 4.78 is 0. The topological polar surface area (TPSA) is 60.7 Å². The minimum absolute atomic E-state index is 0.00363. The summed E-state index contributed by atoms with van der Waals surface area (Å²) in [5.74, 6) is 0.381. The van der Waals surface area contributed by atoms with Gasteiger partial charge in [0.05, 0.1) is 6.61 Å². The maximum Gasteiger partial charge on any atom is 0.0524 e. The van der Waals surface area contributed by atoms with E-state index in [2.05, 4.69) is 6.92 Å². The molecule has 3 N–H and O–H groups in total. The van der Waals surface area contributed by atoms with Crippen LogP contribution in [0.5, 0.6) is 0 Å². The molecule has 2 unspecified atom stereocenters. The van der Waals surface area contributed by atoms with Crippen LogP contribution in [0.2, 0.25) is 0 Å². The molecule has 0 amide bonds. The largest absolute Gasteiger partial charge is 0.396 e. The van der Waals surface area contributed by atoms with Crippen molar-refractivity contribution < 1.29 is 15.3 Å². The normalized spacial score (nSPS) is 32.8. The van der Waals surface area contributed by atoms with Crippen LogP contribution in [0.25, 0.3) is 0 Å². The van der Waals surface area contributed by atoms with Gasteiger partial charge < -0.3 is 15.3 Å². The van der Waals surface area contributed by atoms with E-state index < -0.39 is 0 Å². The predicted molar refractivity (Wildman–Crippen MR) is 71.1 cm³/mol. The number of fused-ring (bicyclic) bond motifs is 1. The molecule has 2 aliphatic rings. The van der Waals surface area contributed by atoms with Crippen molar-refractivity contribution in [3.8, 4) is 0 Å². The number of aliphatic hydroxyl groups is 3. The Hall–Kier alpha value is -0.380. The maximum atomic E-state index is 9.80. The van der Waals surface area contributed by atoms with Gasteiger partial charge in [-0.25, -0.2) is 0 Å². The summed E-state index contributed by atoms with van der Waals surface area (Å²) in [7, 11) is 0. The highest BCUT2D eigenvalue weighted by Gasteiger charge is 2.42. The molecular weight excluding hydrogens is 228 g/mol. The Morgan fingerprint density at radius 1 is 1.22 bits per heavy atom. The van der Waals surface area contributed by atoms with E-state index in [1.807, 2.05) is 0 Å². The van der Waals surface area contributed by atoms with E-state index in [0.717, 1.165) is 32.1 Å². The molecule has 0 radical (unpaired) electrons. The van der Waals surface area contributed by atoms with E-state index in [-0.39, 0.29) is 31.2 Å². The molecule has 18 heavy (non-hydrogen) atoms. The van der Waals surface area contributed by atoms with Gasteiger partial charge in [0.15, 0.2) is 0 Å². The van der Waals surface area contributed by atoms with Crippen LogP contribution in [0.15, 0.2) is 11.1 Å². The van der Waals surface area contributed by atoms with Crippen molar-refractivity contribution in [2.45, 2.75) is 45.4 Å². The number of rotatable bonds is 4. The molecule has 1 saturated carbocycles. The van der Waals surface area contributed by atoms with Gasteiger partial charge in [0, 0.05) is 24.5 Å². The van der Waals surface area contributed by atoms with E-state index in [0.29, 0.717) is 5.92 Å². The fraction of sp³-hybridized carbons (Fsp3) is 0.867. The van der Waals surface area contributed by atoms with Crippen LogP contribution in [-0.4, -0.2) is 35.1 Å². The molecule has 2 rings (SSSR count). The van der Waals surface area contributed by atoms with Crippen LogP contribution in [0, 0.1) is 17.3 Å². The number of aliphatic hydroxyl groups excluding tert-OH is 3. The molecule has 0 heterocycles. The van der Waals surface area contributed by atoms with Crippen molar-refractivity contribution in [2.24, 2.45) is 17.3 Å². The second kappa shape index (κ2) is 5.72. The molecule has 0 spiro atoms. The zero-order valence-corrected chi connectivity index (χ0v) is 11.4. The highest BCUT2D eigenvalue weighted by Crippen LogP contribution is 2.52. The first-order valence-corrected chi connectivity index (χ1v) is 7.18. The molecule has 0 aromatic heterocycles. The fourth-order valence-corrected chi connectivity index (χ4v) is 3.95. The van der Waals surface area contributed by atoms with Gasteiger partial charge in [-0.15, -0.1) is 0 Å². The Balaban J connectivity index is 2.20. The molecule has 2 atom stereocenters. The molecule has 3 heteroatoms. The zero-order valence-electron chi connectivity index (χ0n) is 11.4. The van der Waals surface area contributed by atoms with Gasteiger partial charge in [0.25, 0.3) is 0 Å². The maximum absolute atomic E-state index is 9.80. The van der Waals surface area contributed by atoms with Crippen LogP contribution in [0.1, 0.15) is 45.4 Å². The first-order valence-electron chi connectivity index (χ1n) is 7.18. The second-order valence-electron chi connectivity index (χ2n) is 6.18. The molecule has 2 aliphatic carbocycles. The Bertz CT molecular complexity index is 320. The van der Waals surface area contributed by atoms with Gasteiger partial charge in [-0.2, -0.15) is 0 Å². The van der Waals surface area contributed by atoms with Crippen LogP contribution in [0.4, 0.5) is 0 Å². The lowest BCUT2D eigenvalue weighted by Crippen LogP contribution is -2.39. The Morgan fingerprint density at radius 3 is 2.56 bits per heavy atom. The molecule has 0 aromatic carbocycles. The van der Waals surface area contributed by atoms with Crippen LogP contribution < -0.4 is 0 Å². The fourth-order valence-electron chi connectivity index (χ4n) is 3.95. The van der Waals surface area contributed by atoms with Gasteiger partial charge in [-0.05, 0) is 51.4 Å². The lowest BCUT2D eigenvalue weighted by Gasteiger charge is -2.46. The third kappa shape index (κ3) is 2.36. The third-order valence-corrected chi connectivity index (χ3v) is 5.26. The van der Waals surface area contributed by atoms with Crippen LogP contribution >= 0.6 is 0 Å². The minimum Gasteiger partial charge on any atom is -0.396 e. The number of hydrogen-bond donors (Lipinski definition) is 3. The lowest BCUT2D eigenvalue weighted by atomic mass is 9.59. The molecular formula is C15H26O3. The van der Waals surface area contributed by atoms with Crippen molar-refractivity contribution in [3.05, 3.63) is 11.1 Å². The van der Waals surface area contributed by atoms with E-state index in [1.165, 1.54) is 17.6 Å². The summed E-state index contributed by atoms with van der Waals surface area (Å²) in [6.45, 7) is 2.59. The van der Waals surface area contributed by atoms with Crippen molar-refractivity contribution in [1.29, 1.82) is 0 Å². The molecule has 0 saturated heterocycles. The Kier molecular flexibility index (Phi) is 4.46. The smallest absolute Gasteiger partial charge is 0.0524 e. The van der Waals surface area contributed by atoms with E-state index in [9.17, 15) is 15.3 Å². The van der Waals surface area contributed by atoms with Gasteiger partial charge in [-0.1, -0.05) is 11.1 Å². The second-order valence-corrected chi connectivity index (χ2v) is 6.18. The van der Waals surface area contributed by atoms with Crippen molar-refractivity contribution in [1.82, 2.24) is 0 Å². The molecule has 0 aromatic rings. The first kappa shape index (κ1) is 14.0. The average Bonchev–Trinajstić information content (AvgIpc) is 2.41.